The fourth-order valence-electron chi connectivity index (χ4n) is 1.77. The van der Waals surface area contributed by atoms with Crippen LogP contribution in [0.5, 0.6) is 0 Å². The van der Waals surface area contributed by atoms with Crippen molar-refractivity contribution in [2.45, 2.75) is 26.8 Å². The van der Waals surface area contributed by atoms with Crippen molar-refractivity contribution < 1.29 is 4.79 Å². The molecule has 0 aliphatic heterocycles. The second kappa shape index (κ2) is 3.85. The summed E-state index contributed by atoms with van der Waals surface area (Å²) in [7, 11) is 0. The molecule has 0 radical (unpaired) electrons. The van der Waals surface area contributed by atoms with Gasteiger partial charge in [-0.2, -0.15) is 5.10 Å². The second-order valence-electron chi connectivity index (χ2n) is 3.65. The number of aromatic nitrogens is 2. The normalized spacial score (nSPS) is 10.8. The maximum absolute atomic E-state index is 11.4. The Morgan fingerprint density at radius 1 is 1.40 bits per heavy atom. The van der Waals surface area contributed by atoms with Crippen LogP contribution in [0.3, 0.4) is 0 Å². The van der Waals surface area contributed by atoms with Crippen molar-refractivity contribution in [2.75, 3.05) is 0 Å². The maximum Gasteiger partial charge on any atom is 0.180 e. The van der Waals surface area contributed by atoms with Crippen molar-refractivity contribution in [2.24, 2.45) is 0 Å². The quantitative estimate of drug-likeness (QED) is 0.717. The smallest absolute Gasteiger partial charge is 0.180 e. The highest BCUT2D eigenvalue weighted by Gasteiger charge is 2.12. The number of fused-ring (bicyclic) bond motifs is 1. The van der Waals surface area contributed by atoms with Crippen LogP contribution in [-0.2, 0) is 6.54 Å². The van der Waals surface area contributed by atoms with Crippen LogP contribution < -0.4 is 0 Å². The number of rotatable bonds is 3. The Labute approximate surface area is 88.7 Å². The van der Waals surface area contributed by atoms with Gasteiger partial charge in [0.2, 0.25) is 0 Å². The number of carbonyl (C=O) groups excluding carboxylic acids is 1. The monoisotopic (exact) mass is 202 g/mol. The van der Waals surface area contributed by atoms with Crippen LogP contribution in [0.2, 0.25) is 0 Å². The van der Waals surface area contributed by atoms with E-state index in [2.05, 4.69) is 12.0 Å². The molecule has 3 nitrogen and oxygen atoms in total. The van der Waals surface area contributed by atoms with Gasteiger partial charge in [0, 0.05) is 18.9 Å². The third kappa shape index (κ3) is 1.65. The van der Waals surface area contributed by atoms with E-state index < -0.39 is 0 Å². The molecule has 0 unspecified atom stereocenters. The van der Waals surface area contributed by atoms with Gasteiger partial charge in [0.05, 0.1) is 5.52 Å². The summed E-state index contributed by atoms with van der Waals surface area (Å²) in [6, 6.07) is 7.86. The predicted molar refractivity (Wildman–Crippen MR) is 60.0 cm³/mol. The van der Waals surface area contributed by atoms with Gasteiger partial charge >= 0.3 is 0 Å². The standard InChI is InChI=1S/C12H14N2O/c1-3-8-14-11-7-5-4-6-10(11)12(13-14)9(2)15/h4-7H,3,8H2,1-2H3. The molecule has 0 saturated heterocycles. The molecular formula is C12H14N2O. The summed E-state index contributed by atoms with van der Waals surface area (Å²) in [5.41, 5.74) is 1.63. The molecule has 0 bridgehead atoms. The van der Waals surface area contributed by atoms with Crippen LogP contribution >= 0.6 is 0 Å². The van der Waals surface area contributed by atoms with Gasteiger partial charge in [-0.1, -0.05) is 25.1 Å². The van der Waals surface area contributed by atoms with Gasteiger partial charge in [0.15, 0.2) is 5.78 Å². The van der Waals surface area contributed by atoms with Crippen LogP contribution in [0.1, 0.15) is 30.8 Å². The molecule has 0 aliphatic carbocycles. The molecule has 78 valence electrons. The highest BCUT2D eigenvalue weighted by atomic mass is 16.1. The van der Waals surface area contributed by atoms with E-state index in [1.165, 1.54) is 0 Å². The van der Waals surface area contributed by atoms with Crippen molar-refractivity contribution in [3.63, 3.8) is 0 Å². The number of benzene rings is 1. The molecule has 1 aromatic heterocycles. The molecular weight excluding hydrogens is 188 g/mol. The first-order chi connectivity index (χ1) is 7.24. The molecule has 0 N–H and O–H groups in total. The lowest BCUT2D eigenvalue weighted by molar-refractivity contribution is 0.101. The molecule has 1 heterocycles. The van der Waals surface area contributed by atoms with E-state index in [9.17, 15) is 4.79 Å². The Balaban J connectivity index is 2.67. The zero-order chi connectivity index (χ0) is 10.8. The number of nitrogens with zero attached hydrogens (tertiary/aromatic N) is 2. The Morgan fingerprint density at radius 2 is 2.13 bits per heavy atom. The highest BCUT2D eigenvalue weighted by Crippen LogP contribution is 2.18. The zero-order valence-electron chi connectivity index (χ0n) is 9.03. The Morgan fingerprint density at radius 3 is 2.80 bits per heavy atom. The Bertz CT molecular complexity index is 499. The van der Waals surface area contributed by atoms with Crippen LogP contribution in [0.15, 0.2) is 24.3 Å². The number of hydrogen-bond acceptors (Lipinski definition) is 2. The maximum atomic E-state index is 11.4. The van der Waals surface area contributed by atoms with Crippen molar-refractivity contribution in [3.8, 4) is 0 Å². The number of aryl methyl sites for hydroxylation is 1. The first-order valence-electron chi connectivity index (χ1n) is 5.20. The van der Waals surface area contributed by atoms with Gasteiger partial charge in [-0.25, -0.2) is 0 Å². The summed E-state index contributed by atoms with van der Waals surface area (Å²) in [4.78, 5) is 11.4. The molecule has 0 fully saturated rings. The summed E-state index contributed by atoms with van der Waals surface area (Å²) >= 11 is 0. The minimum Gasteiger partial charge on any atom is -0.293 e. The molecule has 0 atom stereocenters. The average Bonchev–Trinajstić information content (AvgIpc) is 2.59. The van der Waals surface area contributed by atoms with Gasteiger partial charge in [-0.15, -0.1) is 0 Å². The van der Waals surface area contributed by atoms with E-state index in [4.69, 9.17) is 0 Å². The molecule has 2 rings (SSSR count). The topological polar surface area (TPSA) is 34.9 Å². The molecule has 1 aromatic carbocycles. The van der Waals surface area contributed by atoms with E-state index >= 15 is 0 Å². The van der Waals surface area contributed by atoms with Crippen molar-refractivity contribution in [1.82, 2.24) is 9.78 Å². The van der Waals surface area contributed by atoms with Gasteiger partial charge in [0.1, 0.15) is 5.69 Å². The lowest BCUT2D eigenvalue weighted by Gasteiger charge is -1.98. The number of para-hydroxylation sites is 1. The molecule has 3 heteroatoms. The summed E-state index contributed by atoms with van der Waals surface area (Å²) in [6.45, 7) is 4.52. The molecule has 15 heavy (non-hydrogen) atoms. The molecule has 0 amide bonds. The van der Waals surface area contributed by atoms with Crippen molar-refractivity contribution in [3.05, 3.63) is 30.0 Å². The van der Waals surface area contributed by atoms with Crippen LogP contribution in [0.4, 0.5) is 0 Å². The van der Waals surface area contributed by atoms with Gasteiger partial charge in [-0.3, -0.25) is 9.48 Å². The molecule has 0 saturated carbocycles. The van der Waals surface area contributed by atoms with E-state index in [0.29, 0.717) is 5.69 Å². The van der Waals surface area contributed by atoms with Gasteiger partial charge in [0.25, 0.3) is 0 Å². The van der Waals surface area contributed by atoms with Gasteiger partial charge in [-0.05, 0) is 12.5 Å². The van der Waals surface area contributed by atoms with Gasteiger partial charge < -0.3 is 0 Å². The van der Waals surface area contributed by atoms with Crippen LogP contribution in [0.25, 0.3) is 10.9 Å². The van der Waals surface area contributed by atoms with E-state index in [0.717, 1.165) is 23.9 Å². The SMILES string of the molecule is CCCn1nc(C(C)=O)c2ccccc21. The Hall–Kier alpha value is -1.64. The van der Waals surface area contributed by atoms with Crippen LogP contribution in [-0.4, -0.2) is 15.6 Å². The fraction of sp³-hybridized carbons (Fsp3) is 0.333. The fourth-order valence-corrected chi connectivity index (χ4v) is 1.77. The third-order valence-electron chi connectivity index (χ3n) is 2.43. The van der Waals surface area contributed by atoms with E-state index in [-0.39, 0.29) is 5.78 Å². The minimum atomic E-state index is 0.0288. The number of carbonyl (C=O) groups is 1. The van der Waals surface area contributed by atoms with E-state index in [1.807, 2.05) is 28.9 Å². The minimum absolute atomic E-state index is 0.0288. The number of Topliss-reactive ketones (excluding diaryl/α,β-unsaturated/α-hetero) is 1. The first-order valence-corrected chi connectivity index (χ1v) is 5.20. The summed E-state index contributed by atoms with van der Waals surface area (Å²) < 4.78 is 1.91. The van der Waals surface area contributed by atoms with E-state index in [1.54, 1.807) is 6.92 Å². The first kappa shape index (κ1) is 9.90. The predicted octanol–water partition coefficient (Wildman–Crippen LogP) is 2.65. The highest BCUT2D eigenvalue weighted by molar-refractivity contribution is 6.04. The summed E-state index contributed by atoms with van der Waals surface area (Å²) in [6.07, 6.45) is 1.02. The Kier molecular flexibility index (Phi) is 2.54. The largest absolute Gasteiger partial charge is 0.293 e. The molecule has 2 aromatic rings. The number of hydrogen-bond donors (Lipinski definition) is 0. The average molecular weight is 202 g/mol. The molecule has 0 aliphatic rings. The summed E-state index contributed by atoms with van der Waals surface area (Å²) in [5.74, 6) is 0.0288. The van der Waals surface area contributed by atoms with Crippen LogP contribution in [0, 0.1) is 0 Å². The van der Waals surface area contributed by atoms with Crippen molar-refractivity contribution in [1.29, 1.82) is 0 Å². The van der Waals surface area contributed by atoms with Crippen molar-refractivity contribution >= 4 is 16.7 Å². The number of ketones is 1. The summed E-state index contributed by atoms with van der Waals surface area (Å²) in [5, 5.41) is 5.30. The lowest BCUT2D eigenvalue weighted by atomic mass is 10.2. The zero-order valence-corrected chi connectivity index (χ0v) is 9.03. The third-order valence-corrected chi connectivity index (χ3v) is 2.43. The second-order valence-corrected chi connectivity index (χ2v) is 3.65. The lowest BCUT2D eigenvalue weighted by Crippen LogP contribution is -2.01. The molecule has 0 spiro atoms.